The van der Waals surface area contributed by atoms with Crippen molar-refractivity contribution in [2.45, 2.75) is 19.5 Å². The molecule has 27 heavy (non-hydrogen) atoms. The fraction of sp³-hybridized carbons (Fsp3) is 0.167. The third kappa shape index (κ3) is 3.12. The van der Waals surface area contributed by atoms with Gasteiger partial charge in [-0.05, 0) is 24.6 Å². The Morgan fingerprint density at radius 2 is 1.85 bits per heavy atom. The van der Waals surface area contributed by atoms with Gasteiger partial charge in [-0.15, -0.1) is 0 Å². The molecule has 0 radical (unpaired) electrons. The molecule has 0 atom stereocenters. The van der Waals surface area contributed by atoms with Gasteiger partial charge in [0.1, 0.15) is 11.2 Å². The fourth-order valence-corrected chi connectivity index (χ4v) is 2.65. The molecule has 0 aliphatic heterocycles. The van der Waals surface area contributed by atoms with Crippen LogP contribution in [0.5, 0.6) is 0 Å². The summed E-state index contributed by atoms with van der Waals surface area (Å²) in [6.07, 6.45) is 1.76. The maximum absolute atomic E-state index is 13.0. The van der Waals surface area contributed by atoms with Gasteiger partial charge in [-0.2, -0.15) is 13.2 Å². The van der Waals surface area contributed by atoms with Crippen LogP contribution in [0.4, 0.5) is 13.2 Å². The summed E-state index contributed by atoms with van der Waals surface area (Å²) in [5.41, 5.74) is 0.786. The van der Waals surface area contributed by atoms with Crippen LogP contribution in [0, 0.1) is 0 Å². The molecule has 4 rings (SSSR count). The van der Waals surface area contributed by atoms with Gasteiger partial charge in [0, 0.05) is 12.4 Å². The van der Waals surface area contributed by atoms with E-state index in [0.29, 0.717) is 17.3 Å². The van der Waals surface area contributed by atoms with E-state index in [1.807, 2.05) is 6.92 Å². The lowest BCUT2D eigenvalue weighted by Gasteiger charge is -2.08. The maximum atomic E-state index is 13.0. The second-order valence-electron chi connectivity index (χ2n) is 5.77. The van der Waals surface area contributed by atoms with Crippen molar-refractivity contribution >= 4 is 11.2 Å². The van der Waals surface area contributed by atoms with Crippen LogP contribution in [0.25, 0.3) is 28.5 Å². The minimum atomic E-state index is -4.50. The monoisotopic (exact) mass is 370 g/mol. The van der Waals surface area contributed by atoms with E-state index in [-0.39, 0.29) is 11.2 Å². The van der Waals surface area contributed by atoms with Crippen molar-refractivity contribution in [1.29, 1.82) is 0 Å². The van der Waals surface area contributed by atoms with Crippen molar-refractivity contribution in [2.75, 3.05) is 0 Å². The maximum Gasteiger partial charge on any atom is 0.417 e. The number of fused-ring (bicyclic) bond motifs is 1. The number of imidazole rings is 1. The van der Waals surface area contributed by atoms with Crippen molar-refractivity contribution in [3.63, 3.8) is 0 Å². The first kappa shape index (κ1) is 17.1. The summed E-state index contributed by atoms with van der Waals surface area (Å²) in [5, 5.41) is 0. The van der Waals surface area contributed by atoms with E-state index in [4.69, 9.17) is 0 Å². The zero-order valence-corrected chi connectivity index (χ0v) is 14.1. The van der Waals surface area contributed by atoms with Crippen LogP contribution in [0.2, 0.25) is 0 Å². The average Bonchev–Trinajstić information content (AvgIpc) is 3.07. The van der Waals surface area contributed by atoms with Gasteiger partial charge >= 0.3 is 6.18 Å². The van der Waals surface area contributed by atoms with Crippen LogP contribution in [0.1, 0.15) is 18.2 Å². The Kier molecular flexibility index (Phi) is 4.06. The standard InChI is InChI=1S/C18H13F3N6/c1-2-12-9-24-15(10-23-12)27-16-14(7-11(8-25-16)18(19,20)21)26-17(27)13-5-3-4-6-22-13/h3-10H,2H2,1H3. The second-order valence-corrected chi connectivity index (χ2v) is 5.77. The third-order valence-electron chi connectivity index (χ3n) is 4.00. The van der Waals surface area contributed by atoms with Crippen LogP contribution >= 0.6 is 0 Å². The Labute approximate surface area is 151 Å². The highest BCUT2D eigenvalue weighted by Crippen LogP contribution is 2.32. The molecule has 9 heteroatoms. The topological polar surface area (TPSA) is 69.4 Å². The van der Waals surface area contributed by atoms with Gasteiger partial charge in [-0.3, -0.25) is 14.5 Å². The van der Waals surface area contributed by atoms with Gasteiger partial charge in [0.2, 0.25) is 0 Å². The number of rotatable bonds is 3. The summed E-state index contributed by atoms with van der Waals surface area (Å²) in [6, 6.07) is 6.20. The van der Waals surface area contributed by atoms with Crippen LogP contribution < -0.4 is 0 Å². The lowest BCUT2D eigenvalue weighted by atomic mass is 10.2. The Morgan fingerprint density at radius 3 is 2.48 bits per heavy atom. The van der Waals surface area contributed by atoms with E-state index >= 15 is 0 Å². The number of halogens is 3. The lowest BCUT2D eigenvalue weighted by Crippen LogP contribution is -2.06. The molecular formula is C18H13F3N6. The molecule has 0 unspecified atom stereocenters. The molecule has 0 amide bonds. The van der Waals surface area contributed by atoms with Gasteiger partial charge in [-0.25, -0.2) is 15.0 Å². The summed E-state index contributed by atoms with van der Waals surface area (Å²) in [4.78, 5) is 21.3. The zero-order valence-electron chi connectivity index (χ0n) is 14.1. The molecule has 0 aliphatic rings. The number of aromatic nitrogens is 6. The first-order chi connectivity index (χ1) is 13.0. The Balaban J connectivity index is 1.98. The number of aryl methyl sites for hydroxylation is 1. The largest absolute Gasteiger partial charge is 0.417 e. The molecule has 0 aliphatic carbocycles. The molecule has 0 saturated heterocycles. The summed E-state index contributed by atoms with van der Waals surface area (Å²) in [5.74, 6) is 0.749. The molecule has 0 fully saturated rings. The first-order valence-corrected chi connectivity index (χ1v) is 8.15. The first-order valence-electron chi connectivity index (χ1n) is 8.15. The molecule has 4 heterocycles. The normalized spacial score (nSPS) is 11.9. The molecule has 4 aromatic rings. The Bertz CT molecular complexity index is 1090. The van der Waals surface area contributed by atoms with Gasteiger partial charge in [0.25, 0.3) is 0 Å². The van der Waals surface area contributed by atoms with Crippen molar-refractivity contribution in [1.82, 2.24) is 29.5 Å². The fourth-order valence-electron chi connectivity index (χ4n) is 2.65. The molecule has 136 valence electrons. The molecule has 6 nitrogen and oxygen atoms in total. The van der Waals surface area contributed by atoms with Gasteiger partial charge < -0.3 is 0 Å². The van der Waals surface area contributed by atoms with Crippen LogP contribution in [-0.2, 0) is 12.6 Å². The predicted octanol–water partition coefficient (Wildman–Crippen LogP) is 3.85. The minimum Gasteiger partial charge on any atom is -0.257 e. The van der Waals surface area contributed by atoms with Crippen LogP contribution in [0.15, 0.2) is 49.1 Å². The smallest absolute Gasteiger partial charge is 0.257 e. The van der Waals surface area contributed by atoms with Gasteiger partial charge in [0.05, 0.1) is 23.7 Å². The second kappa shape index (κ2) is 6.42. The lowest BCUT2D eigenvalue weighted by molar-refractivity contribution is -0.137. The summed E-state index contributed by atoms with van der Waals surface area (Å²) >= 11 is 0. The van der Waals surface area contributed by atoms with E-state index in [1.54, 1.807) is 41.4 Å². The SMILES string of the molecule is CCc1cnc(-n2c(-c3ccccn3)nc3cc(C(F)(F)F)cnc32)cn1. The van der Waals surface area contributed by atoms with Gasteiger partial charge in [-0.1, -0.05) is 13.0 Å². The van der Waals surface area contributed by atoms with Crippen molar-refractivity contribution in [3.8, 4) is 17.3 Å². The van der Waals surface area contributed by atoms with E-state index < -0.39 is 11.7 Å². The number of hydrogen-bond donors (Lipinski definition) is 0. The Morgan fingerprint density at radius 1 is 1.00 bits per heavy atom. The molecule has 4 aromatic heterocycles. The third-order valence-corrected chi connectivity index (χ3v) is 4.00. The van der Waals surface area contributed by atoms with E-state index in [9.17, 15) is 13.2 Å². The highest BCUT2D eigenvalue weighted by atomic mass is 19.4. The highest BCUT2D eigenvalue weighted by molar-refractivity contribution is 5.79. The predicted molar refractivity (Wildman–Crippen MR) is 92.1 cm³/mol. The van der Waals surface area contributed by atoms with Crippen LogP contribution in [-0.4, -0.2) is 29.5 Å². The number of hydrogen-bond acceptors (Lipinski definition) is 5. The highest BCUT2D eigenvalue weighted by Gasteiger charge is 2.32. The summed E-state index contributed by atoms with van der Waals surface area (Å²) < 4.78 is 40.7. The van der Waals surface area contributed by atoms with Crippen molar-refractivity contribution in [2.24, 2.45) is 0 Å². The molecule has 0 spiro atoms. The molecule has 0 saturated carbocycles. The average molecular weight is 370 g/mol. The van der Waals surface area contributed by atoms with Gasteiger partial charge in [0.15, 0.2) is 17.3 Å². The number of nitrogens with zero attached hydrogens (tertiary/aromatic N) is 6. The Hall–Kier alpha value is -3.36. The molecule has 0 aromatic carbocycles. The van der Waals surface area contributed by atoms with E-state index in [2.05, 4.69) is 24.9 Å². The van der Waals surface area contributed by atoms with Crippen molar-refractivity contribution < 1.29 is 13.2 Å². The van der Waals surface area contributed by atoms with Crippen LogP contribution in [0.3, 0.4) is 0 Å². The van der Waals surface area contributed by atoms with E-state index in [1.165, 1.54) is 0 Å². The van der Waals surface area contributed by atoms with E-state index in [0.717, 1.165) is 24.4 Å². The molecule has 0 N–H and O–H groups in total. The number of alkyl halides is 3. The molecular weight excluding hydrogens is 357 g/mol. The number of pyridine rings is 2. The quantitative estimate of drug-likeness (QED) is 0.548. The summed E-state index contributed by atoms with van der Waals surface area (Å²) in [6.45, 7) is 1.95. The minimum absolute atomic E-state index is 0.104. The van der Waals surface area contributed by atoms with Crippen molar-refractivity contribution in [3.05, 3.63) is 60.3 Å². The zero-order chi connectivity index (χ0) is 19.0. The molecule has 0 bridgehead atoms. The summed E-state index contributed by atoms with van der Waals surface area (Å²) in [7, 11) is 0.